The Labute approximate surface area is 99.1 Å². The highest BCUT2D eigenvalue weighted by Gasteiger charge is 2.18. The molecule has 0 aliphatic heterocycles. The average molecular weight is 270 g/mol. The first-order valence-electron chi connectivity index (χ1n) is 5.48. The van der Waals surface area contributed by atoms with E-state index in [1.165, 1.54) is 19.3 Å². The van der Waals surface area contributed by atoms with Crippen molar-refractivity contribution in [3.63, 3.8) is 0 Å². The summed E-state index contributed by atoms with van der Waals surface area (Å²) in [5.74, 6) is 0.951. The van der Waals surface area contributed by atoms with Gasteiger partial charge >= 0.3 is 0 Å². The summed E-state index contributed by atoms with van der Waals surface area (Å²) in [7, 11) is 0. The van der Waals surface area contributed by atoms with Gasteiger partial charge in [0, 0.05) is 10.5 Å². The van der Waals surface area contributed by atoms with Crippen LogP contribution in [-0.2, 0) is 0 Å². The number of hydrogen-bond acceptors (Lipinski definition) is 2. The van der Waals surface area contributed by atoms with Crippen molar-refractivity contribution in [1.29, 1.82) is 0 Å². The minimum Gasteiger partial charge on any atom is -0.492 e. The van der Waals surface area contributed by atoms with Crippen LogP contribution in [0.5, 0.6) is 5.75 Å². The summed E-state index contributed by atoms with van der Waals surface area (Å²) in [6.07, 6.45) is 3.89. The van der Waals surface area contributed by atoms with Crippen molar-refractivity contribution in [3.05, 3.63) is 22.7 Å². The number of ether oxygens (including phenoxy) is 1. The van der Waals surface area contributed by atoms with Gasteiger partial charge in [-0.2, -0.15) is 0 Å². The van der Waals surface area contributed by atoms with E-state index in [0.29, 0.717) is 12.6 Å². The van der Waals surface area contributed by atoms with Crippen LogP contribution in [0.2, 0.25) is 0 Å². The number of halogens is 1. The Morgan fingerprint density at radius 2 is 2.27 bits per heavy atom. The molecule has 0 unspecified atom stereocenters. The van der Waals surface area contributed by atoms with E-state index < -0.39 is 0 Å². The van der Waals surface area contributed by atoms with Crippen LogP contribution < -0.4 is 10.1 Å². The van der Waals surface area contributed by atoms with Crippen molar-refractivity contribution >= 4 is 21.6 Å². The van der Waals surface area contributed by atoms with Gasteiger partial charge in [-0.25, -0.2) is 0 Å². The summed E-state index contributed by atoms with van der Waals surface area (Å²) in [5.41, 5.74) is 1.11. The van der Waals surface area contributed by atoms with Gasteiger partial charge in [0.15, 0.2) is 0 Å². The molecule has 0 spiro atoms. The maximum Gasteiger partial charge on any atom is 0.142 e. The third-order valence-electron chi connectivity index (χ3n) is 2.71. The molecule has 0 aromatic heterocycles. The molecule has 2 nitrogen and oxygen atoms in total. The van der Waals surface area contributed by atoms with Gasteiger partial charge in [-0.3, -0.25) is 0 Å². The molecule has 1 N–H and O–H groups in total. The molecule has 3 heteroatoms. The van der Waals surface area contributed by atoms with E-state index in [9.17, 15) is 0 Å². The van der Waals surface area contributed by atoms with E-state index in [4.69, 9.17) is 4.74 Å². The Kier molecular flexibility index (Phi) is 3.52. The molecule has 15 heavy (non-hydrogen) atoms. The fourth-order valence-electron chi connectivity index (χ4n) is 1.67. The quantitative estimate of drug-likeness (QED) is 0.898. The minimum atomic E-state index is 0.638. The maximum absolute atomic E-state index is 5.58. The second-order valence-electron chi connectivity index (χ2n) is 3.85. The molecular formula is C12H16BrNO. The van der Waals surface area contributed by atoms with E-state index in [-0.39, 0.29) is 0 Å². The predicted octanol–water partition coefficient (Wildman–Crippen LogP) is 3.81. The van der Waals surface area contributed by atoms with Crippen molar-refractivity contribution in [2.45, 2.75) is 32.2 Å². The van der Waals surface area contributed by atoms with Gasteiger partial charge < -0.3 is 10.1 Å². The molecule has 0 bridgehead atoms. The molecule has 1 aromatic carbocycles. The van der Waals surface area contributed by atoms with E-state index in [2.05, 4.69) is 27.3 Å². The van der Waals surface area contributed by atoms with Crippen molar-refractivity contribution in [1.82, 2.24) is 0 Å². The molecule has 1 fully saturated rings. The van der Waals surface area contributed by atoms with E-state index in [1.54, 1.807) is 0 Å². The van der Waals surface area contributed by atoms with Gasteiger partial charge in [-0.05, 0) is 44.4 Å². The zero-order valence-corrected chi connectivity index (χ0v) is 10.5. The molecular weight excluding hydrogens is 254 g/mol. The molecule has 0 amide bonds. The zero-order chi connectivity index (χ0) is 10.7. The van der Waals surface area contributed by atoms with Gasteiger partial charge in [0.25, 0.3) is 0 Å². The van der Waals surface area contributed by atoms with Crippen LogP contribution in [0.4, 0.5) is 5.69 Å². The molecule has 1 aliphatic rings. The van der Waals surface area contributed by atoms with Crippen LogP contribution in [0.1, 0.15) is 26.2 Å². The topological polar surface area (TPSA) is 21.3 Å². The molecule has 1 aliphatic carbocycles. The molecule has 82 valence electrons. The van der Waals surface area contributed by atoms with Crippen molar-refractivity contribution < 1.29 is 4.74 Å². The first-order chi connectivity index (χ1) is 7.29. The Morgan fingerprint density at radius 1 is 1.47 bits per heavy atom. The summed E-state index contributed by atoms with van der Waals surface area (Å²) in [4.78, 5) is 0. The van der Waals surface area contributed by atoms with Gasteiger partial charge in [0.2, 0.25) is 0 Å². The third-order valence-corrected chi connectivity index (χ3v) is 3.20. The van der Waals surface area contributed by atoms with Crippen LogP contribution in [0.3, 0.4) is 0 Å². The number of anilines is 1. The first-order valence-corrected chi connectivity index (χ1v) is 6.28. The summed E-state index contributed by atoms with van der Waals surface area (Å²) in [5, 5.41) is 3.52. The highest BCUT2D eigenvalue weighted by atomic mass is 79.9. The number of rotatable bonds is 4. The lowest BCUT2D eigenvalue weighted by Gasteiger charge is -2.28. The minimum absolute atomic E-state index is 0.638. The third kappa shape index (κ3) is 2.65. The number of benzene rings is 1. The first kappa shape index (κ1) is 10.8. The molecule has 0 saturated heterocycles. The highest BCUT2D eigenvalue weighted by molar-refractivity contribution is 9.10. The fraction of sp³-hybridized carbons (Fsp3) is 0.500. The monoisotopic (exact) mass is 269 g/mol. The molecule has 0 radical (unpaired) electrons. The fourth-order valence-corrected chi connectivity index (χ4v) is 2.03. The van der Waals surface area contributed by atoms with Crippen LogP contribution >= 0.6 is 15.9 Å². The van der Waals surface area contributed by atoms with Crippen molar-refractivity contribution in [2.24, 2.45) is 0 Å². The largest absolute Gasteiger partial charge is 0.492 e. The van der Waals surface area contributed by atoms with E-state index >= 15 is 0 Å². The summed E-state index contributed by atoms with van der Waals surface area (Å²) >= 11 is 3.48. The lowest BCUT2D eigenvalue weighted by molar-refractivity contribution is 0.340. The van der Waals surface area contributed by atoms with Gasteiger partial charge in [0.05, 0.1) is 12.3 Å². The van der Waals surface area contributed by atoms with Gasteiger partial charge in [-0.15, -0.1) is 0 Å². The second kappa shape index (κ2) is 4.88. The Hall–Kier alpha value is -0.700. The van der Waals surface area contributed by atoms with E-state index in [0.717, 1.165) is 15.9 Å². The van der Waals surface area contributed by atoms with Gasteiger partial charge in [0.1, 0.15) is 5.75 Å². The van der Waals surface area contributed by atoms with E-state index in [1.807, 2.05) is 19.1 Å². The predicted molar refractivity (Wildman–Crippen MR) is 66.6 cm³/mol. The SMILES string of the molecule is CCOc1ccc(Br)cc1NC1CCC1. The van der Waals surface area contributed by atoms with Gasteiger partial charge in [-0.1, -0.05) is 15.9 Å². The molecule has 1 saturated carbocycles. The molecule has 0 heterocycles. The summed E-state index contributed by atoms with van der Waals surface area (Å²) < 4.78 is 6.67. The summed E-state index contributed by atoms with van der Waals surface area (Å²) in [6, 6.07) is 6.74. The Balaban J connectivity index is 2.13. The van der Waals surface area contributed by atoms with Crippen molar-refractivity contribution in [3.8, 4) is 5.75 Å². The maximum atomic E-state index is 5.58. The average Bonchev–Trinajstić information content (AvgIpc) is 2.16. The zero-order valence-electron chi connectivity index (χ0n) is 8.92. The van der Waals surface area contributed by atoms with Crippen LogP contribution in [-0.4, -0.2) is 12.6 Å². The normalized spacial score (nSPS) is 15.9. The standard InChI is InChI=1S/C12H16BrNO/c1-2-15-12-7-6-9(13)8-11(12)14-10-4-3-5-10/h6-8,10,14H,2-5H2,1H3. The number of nitrogens with one attached hydrogen (secondary N) is 1. The van der Waals surface area contributed by atoms with Crippen molar-refractivity contribution in [2.75, 3.05) is 11.9 Å². The number of hydrogen-bond donors (Lipinski definition) is 1. The Bertz CT molecular complexity index is 336. The molecule has 2 rings (SSSR count). The Morgan fingerprint density at radius 3 is 2.87 bits per heavy atom. The molecule has 1 aromatic rings. The highest BCUT2D eigenvalue weighted by Crippen LogP contribution is 2.32. The second-order valence-corrected chi connectivity index (χ2v) is 4.76. The summed E-state index contributed by atoms with van der Waals surface area (Å²) in [6.45, 7) is 2.72. The molecule has 0 atom stereocenters. The van der Waals surface area contributed by atoms with Crippen LogP contribution in [0.15, 0.2) is 22.7 Å². The van der Waals surface area contributed by atoms with Crippen LogP contribution in [0.25, 0.3) is 0 Å². The lowest BCUT2D eigenvalue weighted by atomic mass is 9.93. The lowest BCUT2D eigenvalue weighted by Crippen LogP contribution is -2.27. The smallest absolute Gasteiger partial charge is 0.142 e. The van der Waals surface area contributed by atoms with Crippen LogP contribution in [0, 0.1) is 0 Å².